The molecule has 1 aromatic carbocycles. The third-order valence-electron chi connectivity index (χ3n) is 3.69. The summed E-state index contributed by atoms with van der Waals surface area (Å²) in [6, 6.07) is 8.31. The first-order valence-corrected chi connectivity index (χ1v) is 8.99. The van der Waals surface area contributed by atoms with Crippen molar-refractivity contribution >= 4 is 22.7 Å². The van der Waals surface area contributed by atoms with Gasteiger partial charge in [-0.05, 0) is 11.1 Å². The molecule has 3 aromatic rings. The molecule has 24 heavy (non-hydrogen) atoms. The van der Waals surface area contributed by atoms with Crippen molar-refractivity contribution in [1.29, 1.82) is 0 Å². The minimum Gasteiger partial charge on any atom is -0.492 e. The van der Waals surface area contributed by atoms with Crippen molar-refractivity contribution in [3.63, 3.8) is 0 Å². The Balaban J connectivity index is 1.97. The quantitative estimate of drug-likeness (QED) is 0.605. The zero-order valence-electron chi connectivity index (χ0n) is 13.9. The fourth-order valence-electron chi connectivity index (χ4n) is 2.50. The Morgan fingerprint density at radius 3 is 1.25 bits per heavy atom. The lowest BCUT2D eigenvalue weighted by atomic mass is 10.1. The lowest BCUT2D eigenvalue weighted by Gasteiger charge is -2.08. The molecule has 0 saturated heterocycles. The van der Waals surface area contributed by atoms with Crippen molar-refractivity contribution in [2.75, 3.05) is 28.4 Å². The third-order valence-corrected chi connectivity index (χ3v) is 5.66. The molecule has 0 amide bonds. The van der Waals surface area contributed by atoms with Gasteiger partial charge in [0.1, 0.15) is 0 Å². The topological polar surface area (TPSA) is 36.9 Å². The van der Waals surface area contributed by atoms with Crippen LogP contribution in [0, 0.1) is 0 Å². The average molecular weight is 362 g/mol. The molecule has 0 N–H and O–H groups in total. The van der Waals surface area contributed by atoms with E-state index in [1.165, 1.54) is 0 Å². The predicted molar refractivity (Wildman–Crippen MR) is 99.3 cm³/mol. The zero-order valence-corrected chi connectivity index (χ0v) is 15.5. The van der Waals surface area contributed by atoms with Crippen LogP contribution in [0.15, 0.2) is 35.0 Å². The molecule has 6 heteroatoms. The summed E-state index contributed by atoms with van der Waals surface area (Å²) < 4.78 is 21.6. The highest BCUT2D eigenvalue weighted by Gasteiger charge is 2.17. The lowest BCUT2D eigenvalue weighted by molar-refractivity contribution is 0.359. The first-order chi connectivity index (χ1) is 11.7. The zero-order chi connectivity index (χ0) is 17.1. The van der Waals surface area contributed by atoms with Crippen molar-refractivity contribution in [2.24, 2.45) is 0 Å². The number of rotatable bonds is 6. The molecule has 0 fully saturated rings. The summed E-state index contributed by atoms with van der Waals surface area (Å²) in [5.41, 5.74) is 2.18. The molecule has 0 atom stereocenters. The number of ether oxygens (including phenoxy) is 4. The molecule has 0 bridgehead atoms. The highest BCUT2D eigenvalue weighted by atomic mass is 32.1. The maximum absolute atomic E-state index is 5.48. The van der Waals surface area contributed by atoms with Gasteiger partial charge in [-0.25, -0.2) is 0 Å². The molecule has 0 saturated carbocycles. The van der Waals surface area contributed by atoms with Crippen LogP contribution in [0.5, 0.6) is 23.0 Å². The minimum absolute atomic E-state index is 0.756. The number of methoxy groups -OCH3 is 4. The van der Waals surface area contributed by atoms with Crippen molar-refractivity contribution in [3.8, 4) is 43.9 Å². The fourth-order valence-corrected chi connectivity index (χ4v) is 4.48. The summed E-state index contributed by atoms with van der Waals surface area (Å²) in [6.07, 6.45) is 0. The summed E-state index contributed by atoms with van der Waals surface area (Å²) in [4.78, 5) is 2.10. The SMILES string of the molecule is COc1csc(-c2ccc(-c3scc(OC)c3OC)cc2)c1OC. The first-order valence-electron chi connectivity index (χ1n) is 7.23. The molecule has 0 aliphatic heterocycles. The van der Waals surface area contributed by atoms with Crippen LogP contribution in [0.2, 0.25) is 0 Å². The average Bonchev–Trinajstić information content (AvgIpc) is 3.24. The fraction of sp³-hybridized carbons (Fsp3) is 0.222. The molecule has 0 unspecified atom stereocenters. The van der Waals surface area contributed by atoms with E-state index in [4.69, 9.17) is 18.9 Å². The van der Waals surface area contributed by atoms with E-state index < -0.39 is 0 Å². The summed E-state index contributed by atoms with van der Waals surface area (Å²) in [5, 5.41) is 3.91. The Hall–Kier alpha value is -2.18. The van der Waals surface area contributed by atoms with Crippen LogP contribution in [-0.4, -0.2) is 28.4 Å². The van der Waals surface area contributed by atoms with Crippen LogP contribution in [-0.2, 0) is 0 Å². The van der Waals surface area contributed by atoms with Crippen LogP contribution in [0.4, 0.5) is 0 Å². The number of hydrogen-bond donors (Lipinski definition) is 0. The second-order valence-electron chi connectivity index (χ2n) is 4.91. The van der Waals surface area contributed by atoms with E-state index in [9.17, 15) is 0 Å². The maximum atomic E-state index is 5.48. The molecule has 0 spiro atoms. The largest absolute Gasteiger partial charge is 0.492 e. The van der Waals surface area contributed by atoms with Gasteiger partial charge in [0, 0.05) is 10.8 Å². The molecule has 2 aromatic heterocycles. The number of hydrogen-bond acceptors (Lipinski definition) is 6. The minimum atomic E-state index is 0.756. The first kappa shape index (κ1) is 16.7. The van der Waals surface area contributed by atoms with Crippen LogP contribution < -0.4 is 18.9 Å². The molecule has 3 rings (SSSR count). The monoisotopic (exact) mass is 362 g/mol. The Morgan fingerprint density at radius 1 is 0.583 bits per heavy atom. The number of benzene rings is 1. The van der Waals surface area contributed by atoms with E-state index in [0.29, 0.717) is 0 Å². The van der Waals surface area contributed by atoms with Gasteiger partial charge in [-0.2, -0.15) is 0 Å². The van der Waals surface area contributed by atoms with Gasteiger partial charge in [0.25, 0.3) is 0 Å². The van der Waals surface area contributed by atoms with Crippen molar-refractivity contribution in [3.05, 3.63) is 35.0 Å². The van der Waals surface area contributed by atoms with E-state index in [-0.39, 0.29) is 0 Å². The molecule has 0 aliphatic rings. The second kappa shape index (κ2) is 7.15. The molecule has 0 radical (unpaired) electrons. The van der Waals surface area contributed by atoms with Gasteiger partial charge in [0.15, 0.2) is 23.0 Å². The van der Waals surface area contributed by atoms with Gasteiger partial charge in [0.05, 0.1) is 38.2 Å². The van der Waals surface area contributed by atoms with Crippen molar-refractivity contribution in [2.45, 2.75) is 0 Å². The Kier molecular flexibility index (Phi) is 4.97. The van der Waals surface area contributed by atoms with E-state index in [0.717, 1.165) is 43.9 Å². The molecule has 2 heterocycles. The van der Waals surface area contributed by atoms with Gasteiger partial charge >= 0.3 is 0 Å². The molecular formula is C18H18O4S2. The Labute approximate surface area is 149 Å². The van der Waals surface area contributed by atoms with Gasteiger partial charge in [-0.15, -0.1) is 22.7 Å². The highest BCUT2D eigenvalue weighted by molar-refractivity contribution is 7.14. The van der Waals surface area contributed by atoms with Gasteiger partial charge < -0.3 is 18.9 Å². The molecule has 126 valence electrons. The smallest absolute Gasteiger partial charge is 0.179 e. The summed E-state index contributed by atoms with van der Waals surface area (Å²) >= 11 is 3.21. The number of thiophene rings is 2. The Bertz CT molecular complexity index is 749. The normalized spacial score (nSPS) is 10.5. The summed E-state index contributed by atoms with van der Waals surface area (Å²) in [6.45, 7) is 0. The predicted octanol–water partition coefficient (Wildman–Crippen LogP) is 5.18. The van der Waals surface area contributed by atoms with E-state index in [1.807, 2.05) is 10.8 Å². The van der Waals surface area contributed by atoms with Gasteiger partial charge in [-0.1, -0.05) is 24.3 Å². The third kappa shape index (κ3) is 2.83. The standard InChI is InChI=1S/C18H18O4S2/c1-19-13-9-23-17(15(13)21-3)11-5-7-12(8-6-11)18-16(22-4)14(20-2)10-24-18/h5-10H,1-4H3. The van der Waals surface area contributed by atoms with Crippen LogP contribution in [0.3, 0.4) is 0 Å². The molecule has 4 nitrogen and oxygen atoms in total. The Morgan fingerprint density at radius 2 is 0.958 bits per heavy atom. The van der Waals surface area contributed by atoms with E-state index in [2.05, 4.69) is 24.3 Å². The highest BCUT2D eigenvalue weighted by Crippen LogP contribution is 2.46. The van der Waals surface area contributed by atoms with Crippen LogP contribution in [0.1, 0.15) is 0 Å². The van der Waals surface area contributed by atoms with Crippen LogP contribution >= 0.6 is 22.7 Å². The van der Waals surface area contributed by atoms with E-state index >= 15 is 0 Å². The molecular weight excluding hydrogens is 344 g/mol. The van der Waals surface area contributed by atoms with E-state index in [1.54, 1.807) is 51.1 Å². The second-order valence-corrected chi connectivity index (χ2v) is 6.67. The van der Waals surface area contributed by atoms with Crippen molar-refractivity contribution in [1.82, 2.24) is 0 Å². The molecule has 0 aliphatic carbocycles. The maximum Gasteiger partial charge on any atom is 0.179 e. The lowest BCUT2D eigenvalue weighted by Crippen LogP contribution is -1.89. The van der Waals surface area contributed by atoms with Gasteiger partial charge in [-0.3, -0.25) is 0 Å². The van der Waals surface area contributed by atoms with Crippen LogP contribution in [0.25, 0.3) is 20.9 Å². The van der Waals surface area contributed by atoms with Crippen molar-refractivity contribution < 1.29 is 18.9 Å². The summed E-state index contributed by atoms with van der Waals surface area (Å²) in [5.74, 6) is 3.05. The summed E-state index contributed by atoms with van der Waals surface area (Å²) in [7, 11) is 6.61. The van der Waals surface area contributed by atoms with Gasteiger partial charge in [0.2, 0.25) is 0 Å².